The molecule has 166 valence electrons. The third kappa shape index (κ3) is 6.39. The Morgan fingerprint density at radius 1 is 1.03 bits per heavy atom. The fourth-order valence-electron chi connectivity index (χ4n) is 3.90. The molecule has 0 unspecified atom stereocenters. The highest BCUT2D eigenvalue weighted by Gasteiger charge is 2.15. The number of aromatic nitrogens is 3. The molecule has 2 N–H and O–H groups in total. The number of benzene rings is 1. The van der Waals surface area contributed by atoms with E-state index in [0.717, 1.165) is 36.4 Å². The number of rotatable bonds is 6. The first kappa shape index (κ1) is 23.5. The largest absolute Gasteiger partial charge is 0.352 e. The summed E-state index contributed by atoms with van der Waals surface area (Å²) in [5, 5.41) is 15.2. The molecule has 1 fully saturated rings. The first-order valence-corrected chi connectivity index (χ1v) is 10.7. The molecule has 0 aliphatic carbocycles. The molecule has 1 aliphatic heterocycles. The van der Waals surface area contributed by atoms with E-state index in [-0.39, 0.29) is 24.0 Å². The van der Waals surface area contributed by atoms with Crippen molar-refractivity contribution in [3.05, 3.63) is 65.6 Å². The third-order valence-corrected chi connectivity index (χ3v) is 5.76. The van der Waals surface area contributed by atoms with Gasteiger partial charge in [-0.15, -0.1) is 34.2 Å². The van der Waals surface area contributed by atoms with E-state index >= 15 is 0 Å². The highest BCUT2D eigenvalue weighted by atomic mass is 127. The van der Waals surface area contributed by atoms with Crippen LogP contribution in [0.2, 0.25) is 0 Å². The van der Waals surface area contributed by atoms with Crippen LogP contribution in [0.1, 0.15) is 36.7 Å². The molecule has 0 spiro atoms. The topological polar surface area (TPSA) is 69.8 Å². The van der Waals surface area contributed by atoms with Crippen LogP contribution in [0.25, 0.3) is 5.65 Å². The summed E-state index contributed by atoms with van der Waals surface area (Å²) in [6.07, 6.45) is 4.59. The Morgan fingerprint density at radius 3 is 2.61 bits per heavy atom. The number of nitrogens with zero attached hydrogens (tertiary/aromatic N) is 5. The van der Waals surface area contributed by atoms with Gasteiger partial charge in [-0.3, -0.25) is 14.3 Å². The van der Waals surface area contributed by atoms with E-state index in [1.807, 2.05) is 28.8 Å². The Balaban J connectivity index is 0.00000272. The number of aliphatic imine (C=N–C) groups is 1. The molecular weight excluding hydrogens is 501 g/mol. The van der Waals surface area contributed by atoms with Crippen molar-refractivity contribution in [3.8, 4) is 0 Å². The number of piperidine rings is 1. The van der Waals surface area contributed by atoms with Gasteiger partial charge in [0.15, 0.2) is 17.4 Å². The van der Waals surface area contributed by atoms with Crippen molar-refractivity contribution in [1.29, 1.82) is 0 Å². The van der Waals surface area contributed by atoms with Gasteiger partial charge in [0, 0.05) is 26.3 Å². The summed E-state index contributed by atoms with van der Waals surface area (Å²) in [4.78, 5) is 6.90. The number of nitrogens with one attached hydrogen (secondary N) is 2. The lowest BCUT2D eigenvalue weighted by molar-refractivity contribution is 0.185. The Morgan fingerprint density at radius 2 is 1.81 bits per heavy atom. The van der Waals surface area contributed by atoms with Crippen LogP contribution in [0.3, 0.4) is 0 Å². The quantitative estimate of drug-likeness (QED) is 0.289. The molecule has 0 radical (unpaired) electrons. The van der Waals surface area contributed by atoms with E-state index < -0.39 is 0 Å². The average Bonchev–Trinajstić information content (AvgIpc) is 3.19. The minimum absolute atomic E-state index is 0. The first-order valence-electron chi connectivity index (χ1n) is 10.7. The number of guanidine groups is 1. The number of likely N-dealkylation sites (tertiary alicyclic amines) is 1. The SMILES string of the molecule is CN=C(NCc1cccc(CN2CCC(C)CC2)c1)NCc1nnc2ccccn12.I. The fourth-order valence-corrected chi connectivity index (χ4v) is 3.90. The Labute approximate surface area is 201 Å². The predicted octanol–water partition coefficient (Wildman–Crippen LogP) is 3.44. The van der Waals surface area contributed by atoms with Crippen LogP contribution >= 0.6 is 24.0 Å². The predicted molar refractivity (Wildman–Crippen MR) is 136 cm³/mol. The van der Waals surface area contributed by atoms with Crippen molar-refractivity contribution < 1.29 is 0 Å². The van der Waals surface area contributed by atoms with Gasteiger partial charge in [-0.2, -0.15) is 0 Å². The Bertz CT molecular complexity index is 992. The minimum Gasteiger partial charge on any atom is -0.352 e. The molecule has 1 aromatic carbocycles. The molecule has 7 nitrogen and oxygen atoms in total. The lowest BCUT2D eigenvalue weighted by Gasteiger charge is -2.30. The molecule has 0 amide bonds. The fraction of sp³-hybridized carbons (Fsp3) is 0.435. The minimum atomic E-state index is 0. The zero-order chi connectivity index (χ0) is 20.8. The normalized spacial score (nSPS) is 15.6. The summed E-state index contributed by atoms with van der Waals surface area (Å²) in [6.45, 7) is 7.09. The standard InChI is InChI=1S/C23H31N7.HI/c1-18-9-12-29(13-10-18)17-20-7-5-6-19(14-20)15-25-23(24-2)26-16-22-28-27-21-8-3-4-11-30(21)22;/h3-8,11,14,18H,9-10,12-13,15-17H2,1-2H3,(H2,24,25,26);1H. The van der Waals surface area contributed by atoms with Crippen LogP contribution in [-0.2, 0) is 19.6 Å². The van der Waals surface area contributed by atoms with Crippen molar-refractivity contribution in [1.82, 2.24) is 30.1 Å². The maximum Gasteiger partial charge on any atom is 0.191 e. The van der Waals surface area contributed by atoms with E-state index in [0.29, 0.717) is 6.54 Å². The molecule has 8 heteroatoms. The van der Waals surface area contributed by atoms with Crippen molar-refractivity contribution in [2.24, 2.45) is 10.9 Å². The van der Waals surface area contributed by atoms with Gasteiger partial charge in [-0.25, -0.2) is 0 Å². The van der Waals surface area contributed by atoms with Crippen molar-refractivity contribution in [2.75, 3.05) is 20.1 Å². The molecule has 0 atom stereocenters. The second-order valence-corrected chi connectivity index (χ2v) is 8.10. The maximum absolute atomic E-state index is 4.33. The van der Waals surface area contributed by atoms with Gasteiger partial charge >= 0.3 is 0 Å². The molecule has 4 rings (SSSR count). The van der Waals surface area contributed by atoms with E-state index in [1.165, 1.54) is 37.1 Å². The highest BCUT2D eigenvalue weighted by molar-refractivity contribution is 14.0. The lowest BCUT2D eigenvalue weighted by Crippen LogP contribution is -2.36. The summed E-state index contributed by atoms with van der Waals surface area (Å²) in [6, 6.07) is 14.7. The summed E-state index contributed by atoms with van der Waals surface area (Å²) < 4.78 is 1.98. The van der Waals surface area contributed by atoms with Crippen molar-refractivity contribution in [3.63, 3.8) is 0 Å². The van der Waals surface area contributed by atoms with Crippen LogP contribution in [0.5, 0.6) is 0 Å². The van der Waals surface area contributed by atoms with Crippen LogP contribution in [0, 0.1) is 5.92 Å². The maximum atomic E-state index is 4.33. The van der Waals surface area contributed by atoms with E-state index in [9.17, 15) is 0 Å². The van der Waals surface area contributed by atoms with Gasteiger partial charge in [0.2, 0.25) is 0 Å². The van der Waals surface area contributed by atoms with Crippen LogP contribution < -0.4 is 10.6 Å². The summed E-state index contributed by atoms with van der Waals surface area (Å²) in [7, 11) is 1.78. The van der Waals surface area contributed by atoms with E-state index in [4.69, 9.17) is 0 Å². The summed E-state index contributed by atoms with van der Waals surface area (Å²) in [5.74, 6) is 2.47. The molecular formula is C23H32IN7. The second-order valence-electron chi connectivity index (χ2n) is 8.10. The Kier molecular flexibility index (Phi) is 8.65. The number of halogens is 1. The highest BCUT2D eigenvalue weighted by Crippen LogP contribution is 2.18. The molecule has 0 saturated carbocycles. The number of hydrogen-bond acceptors (Lipinski definition) is 4. The number of hydrogen-bond donors (Lipinski definition) is 2. The molecule has 0 bridgehead atoms. The monoisotopic (exact) mass is 533 g/mol. The van der Waals surface area contributed by atoms with Gasteiger partial charge in [0.1, 0.15) is 0 Å². The van der Waals surface area contributed by atoms with E-state index in [1.54, 1.807) is 7.05 Å². The molecule has 1 saturated heterocycles. The van der Waals surface area contributed by atoms with Gasteiger partial charge in [-0.05, 0) is 55.1 Å². The molecule has 2 aromatic heterocycles. The summed E-state index contributed by atoms with van der Waals surface area (Å²) in [5.41, 5.74) is 3.48. The second kappa shape index (κ2) is 11.4. The van der Waals surface area contributed by atoms with Crippen LogP contribution in [0.15, 0.2) is 53.7 Å². The van der Waals surface area contributed by atoms with E-state index in [2.05, 4.69) is 61.9 Å². The van der Waals surface area contributed by atoms with Gasteiger partial charge in [-0.1, -0.05) is 37.3 Å². The number of fused-ring (bicyclic) bond motifs is 1. The van der Waals surface area contributed by atoms with Gasteiger partial charge < -0.3 is 10.6 Å². The van der Waals surface area contributed by atoms with Gasteiger partial charge in [0.25, 0.3) is 0 Å². The first-order chi connectivity index (χ1) is 14.7. The molecule has 31 heavy (non-hydrogen) atoms. The van der Waals surface area contributed by atoms with Gasteiger partial charge in [0.05, 0.1) is 6.54 Å². The Hall–Kier alpha value is -2.20. The summed E-state index contributed by atoms with van der Waals surface area (Å²) >= 11 is 0. The third-order valence-electron chi connectivity index (χ3n) is 5.76. The smallest absolute Gasteiger partial charge is 0.191 e. The molecule has 1 aliphatic rings. The van der Waals surface area contributed by atoms with Crippen molar-refractivity contribution in [2.45, 2.75) is 39.4 Å². The number of pyridine rings is 1. The van der Waals surface area contributed by atoms with Crippen molar-refractivity contribution >= 4 is 35.6 Å². The van der Waals surface area contributed by atoms with Crippen LogP contribution in [0.4, 0.5) is 0 Å². The van der Waals surface area contributed by atoms with Crippen LogP contribution in [-0.4, -0.2) is 45.6 Å². The average molecular weight is 533 g/mol. The molecule has 3 heterocycles. The molecule has 3 aromatic rings. The zero-order valence-corrected chi connectivity index (χ0v) is 20.6. The zero-order valence-electron chi connectivity index (χ0n) is 18.3. The lowest BCUT2D eigenvalue weighted by atomic mass is 9.98.